The number of anilines is 1. The minimum atomic E-state index is -0.994. The van der Waals surface area contributed by atoms with Gasteiger partial charge in [0.2, 0.25) is 5.91 Å². The summed E-state index contributed by atoms with van der Waals surface area (Å²) in [4.78, 5) is 25.1. The molecule has 1 aliphatic heterocycles. The number of rotatable bonds is 4. The van der Waals surface area contributed by atoms with Crippen LogP contribution in [0.15, 0.2) is 24.3 Å². The van der Waals surface area contributed by atoms with E-state index >= 15 is 0 Å². The van der Waals surface area contributed by atoms with E-state index in [1.54, 1.807) is 36.1 Å². The van der Waals surface area contributed by atoms with Crippen molar-refractivity contribution in [2.24, 2.45) is 0 Å². The third-order valence-electron chi connectivity index (χ3n) is 3.91. The molecular weight excluding hydrogens is 270 g/mol. The number of aliphatic carboxylic acids is 1. The normalized spacial score (nSPS) is 21.7. The lowest BCUT2D eigenvalue weighted by Crippen LogP contribution is -2.50. The molecule has 1 heterocycles. The van der Waals surface area contributed by atoms with Crippen LogP contribution in [-0.4, -0.2) is 40.5 Å². The maximum atomic E-state index is 12.1. The number of nitrogens with one attached hydrogen (secondary N) is 1. The van der Waals surface area contributed by atoms with Crippen LogP contribution in [-0.2, 0) is 9.59 Å². The van der Waals surface area contributed by atoms with Crippen molar-refractivity contribution in [3.05, 3.63) is 29.8 Å². The summed E-state index contributed by atoms with van der Waals surface area (Å²) >= 11 is 0. The minimum Gasteiger partial charge on any atom is -0.480 e. The Bertz CT molecular complexity index is 608. The quantitative estimate of drug-likeness (QED) is 0.874. The lowest BCUT2D eigenvalue weighted by Gasteiger charge is -2.30. The first kappa shape index (κ1) is 15.0. The van der Waals surface area contributed by atoms with E-state index in [2.05, 4.69) is 5.32 Å². The van der Waals surface area contributed by atoms with E-state index in [1.165, 1.54) is 0 Å². The number of nitrogens with zero attached hydrogens (tertiary/aromatic N) is 2. The summed E-state index contributed by atoms with van der Waals surface area (Å²) in [6.07, 6.45) is 1.29. The Kier molecular flexibility index (Phi) is 4.24. The second-order valence-corrected chi connectivity index (χ2v) is 5.31. The van der Waals surface area contributed by atoms with Crippen molar-refractivity contribution < 1.29 is 14.7 Å². The molecule has 1 fully saturated rings. The standard InChI is InChI=1S/C15H17N3O3/c1-15(14(20)21)7-4-8-18(15)10-13(19)17-12-6-3-2-5-11(12)9-16/h2-3,5-6H,4,7-8,10H2,1H3,(H,17,19)(H,20,21). The van der Waals surface area contributed by atoms with Gasteiger partial charge < -0.3 is 10.4 Å². The molecule has 0 aromatic heterocycles. The number of carboxylic acids is 1. The molecule has 1 aromatic rings. The summed E-state index contributed by atoms with van der Waals surface area (Å²) in [5.74, 6) is -1.22. The molecule has 21 heavy (non-hydrogen) atoms. The Morgan fingerprint density at radius 3 is 2.86 bits per heavy atom. The molecule has 1 aliphatic rings. The maximum absolute atomic E-state index is 12.1. The molecule has 6 heteroatoms. The highest BCUT2D eigenvalue weighted by atomic mass is 16.4. The van der Waals surface area contributed by atoms with Crippen molar-refractivity contribution in [1.29, 1.82) is 5.26 Å². The number of likely N-dealkylation sites (tertiary alicyclic amines) is 1. The summed E-state index contributed by atoms with van der Waals surface area (Å²) in [6.45, 7) is 2.22. The molecule has 0 saturated carbocycles. The highest BCUT2D eigenvalue weighted by Crippen LogP contribution is 2.28. The van der Waals surface area contributed by atoms with Crippen molar-refractivity contribution in [2.75, 3.05) is 18.4 Å². The Morgan fingerprint density at radius 1 is 1.48 bits per heavy atom. The first-order chi connectivity index (χ1) is 9.97. The average Bonchev–Trinajstić information content (AvgIpc) is 2.82. The number of carbonyl (C=O) groups excluding carboxylic acids is 1. The van der Waals surface area contributed by atoms with Crippen LogP contribution in [0, 0.1) is 11.3 Å². The molecule has 1 aromatic carbocycles. The fourth-order valence-corrected chi connectivity index (χ4v) is 2.57. The Labute approximate surface area is 123 Å². The molecule has 0 aliphatic carbocycles. The van der Waals surface area contributed by atoms with Crippen molar-refractivity contribution in [3.63, 3.8) is 0 Å². The van der Waals surface area contributed by atoms with Crippen LogP contribution in [0.5, 0.6) is 0 Å². The molecular formula is C15H17N3O3. The summed E-state index contributed by atoms with van der Waals surface area (Å²) < 4.78 is 0. The van der Waals surface area contributed by atoms with Crippen LogP contribution >= 0.6 is 0 Å². The van der Waals surface area contributed by atoms with E-state index in [4.69, 9.17) is 5.26 Å². The van der Waals surface area contributed by atoms with E-state index in [1.807, 2.05) is 6.07 Å². The minimum absolute atomic E-state index is 0.00254. The van der Waals surface area contributed by atoms with Gasteiger partial charge in [-0.15, -0.1) is 0 Å². The van der Waals surface area contributed by atoms with E-state index in [0.717, 1.165) is 6.42 Å². The molecule has 0 radical (unpaired) electrons. The number of carbonyl (C=O) groups is 2. The molecule has 6 nitrogen and oxygen atoms in total. The molecule has 2 N–H and O–H groups in total. The number of hydrogen-bond donors (Lipinski definition) is 2. The fraction of sp³-hybridized carbons (Fsp3) is 0.400. The first-order valence-electron chi connectivity index (χ1n) is 6.75. The lowest BCUT2D eigenvalue weighted by molar-refractivity contribution is -0.149. The summed E-state index contributed by atoms with van der Waals surface area (Å²) in [5.41, 5.74) is -0.166. The predicted molar refractivity (Wildman–Crippen MR) is 76.6 cm³/mol. The SMILES string of the molecule is CC1(C(=O)O)CCCN1CC(=O)Nc1ccccc1C#N. The second-order valence-electron chi connectivity index (χ2n) is 5.31. The second kappa shape index (κ2) is 5.94. The Hall–Kier alpha value is -2.39. The molecule has 1 atom stereocenters. The smallest absolute Gasteiger partial charge is 0.323 e. The molecule has 1 unspecified atom stereocenters. The zero-order valence-corrected chi connectivity index (χ0v) is 11.8. The Balaban J connectivity index is 2.06. The van der Waals surface area contributed by atoms with Gasteiger partial charge in [-0.25, -0.2) is 0 Å². The van der Waals surface area contributed by atoms with E-state index in [0.29, 0.717) is 24.2 Å². The average molecular weight is 287 g/mol. The molecule has 0 spiro atoms. The molecule has 110 valence electrons. The van der Waals surface area contributed by atoms with Gasteiger partial charge in [0.1, 0.15) is 11.6 Å². The van der Waals surface area contributed by atoms with Gasteiger partial charge in [0.15, 0.2) is 0 Å². The van der Waals surface area contributed by atoms with Crippen molar-refractivity contribution in [1.82, 2.24) is 4.90 Å². The van der Waals surface area contributed by atoms with Crippen LogP contribution in [0.4, 0.5) is 5.69 Å². The predicted octanol–water partition coefficient (Wildman–Crippen LogP) is 1.44. The van der Waals surface area contributed by atoms with Gasteiger partial charge in [0, 0.05) is 0 Å². The van der Waals surface area contributed by atoms with Crippen molar-refractivity contribution in [3.8, 4) is 6.07 Å². The van der Waals surface area contributed by atoms with Crippen LogP contribution in [0.2, 0.25) is 0 Å². The van der Waals surface area contributed by atoms with Gasteiger partial charge >= 0.3 is 5.97 Å². The molecule has 1 amide bonds. The number of carboxylic acid groups (broad SMARTS) is 1. The molecule has 2 rings (SSSR count). The van der Waals surface area contributed by atoms with Crippen LogP contribution in [0.3, 0.4) is 0 Å². The first-order valence-corrected chi connectivity index (χ1v) is 6.75. The lowest BCUT2D eigenvalue weighted by atomic mass is 9.99. The number of amides is 1. The summed E-state index contributed by atoms with van der Waals surface area (Å²) in [5, 5.41) is 21.0. The molecule has 1 saturated heterocycles. The van der Waals surface area contributed by atoms with Gasteiger partial charge in [-0.3, -0.25) is 14.5 Å². The Morgan fingerprint density at radius 2 is 2.19 bits per heavy atom. The van der Waals surface area contributed by atoms with E-state index in [9.17, 15) is 14.7 Å². The largest absolute Gasteiger partial charge is 0.480 e. The number of benzene rings is 1. The highest BCUT2D eigenvalue weighted by Gasteiger charge is 2.43. The number of para-hydroxylation sites is 1. The number of hydrogen-bond acceptors (Lipinski definition) is 4. The van der Waals surface area contributed by atoms with Crippen molar-refractivity contribution in [2.45, 2.75) is 25.3 Å². The summed E-state index contributed by atoms with van der Waals surface area (Å²) in [7, 11) is 0. The van der Waals surface area contributed by atoms with Crippen LogP contribution < -0.4 is 5.32 Å². The van der Waals surface area contributed by atoms with Crippen LogP contribution in [0.25, 0.3) is 0 Å². The highest BCUT2D eigenvalue weighted by molar-refractivity contribution is 5.94. The summed E-state index contributed by atoms with van der Waals surface area (Å²) in [6, 6.07) is 8.72. The monoisotopic (exact) mass is 287 g/mol. The van der Waals surface area contributed by atoms with E-state index in [-0.39, 0.29) is 12.5 Å². The van der Waals surface area contributed by atoms with Gasteiger partial charge in [-0.05, 0) is 38.4 Å². The fourth-order valence-electron chi connectivity index (χ4n) is 2.57. The maximum Gasteiger partial charge on any atom is 0.323 e. The van der Waals surface area contributed by atoms with Crippen molar-refractivity contribution >= 4 is 17.6 Å². The van der Waals surface area contributed by atoms with E-state index < -0.39 is 11.5 Å². The van der Waals surface area contributed by atoms with Crippen LogP contribution in [0.1, 0.15) is 25.3 Å². The van der Waals surface area contributed by atoms with Gasteiger partial charge in [0.05, 0.1) is 17.8 Å². The topological polar surface area (TPSA) is 93.4 Å². The van der Waals surface area contributed by atoms with Gasteiger partial charge in [-0.1, -0.05) is 12.1 Å². The van der Waals surface area contributed by atoms with Gasteiger partial charge in [0.25, 0.3) is 0 Å². The third kappa shape index (κ3) is 3.03. The number of nitriles is 1. The third-order valence-corrected chi connectivity index (χ3v) is 3.91. The molecule has 0 bridgehead atoms. The zero-order chi connectivity index (χ0) is 15.5. The van der Waals surface area contributed by atoms with Gasteiger partial charge in [-0.2, -0.15) is 5.26 Å². The zero-order valence-electron chi connectivity index (χ0n) is 11.8.